The van der Waals surface area contributed by atoms with Crippen molar-refractivity contribution in [1.29, 1.82) is 0 Å². The third kappa shape index (κ3) is 6.52. The summed E-state index contributed by atoms with van der Waals surface area (Å²) in [6, 6.07) is 15.5. The van der Waals surface area contributed by atoms with Gasteiger partial charge in [-0.1, -0.05) is 36.9 Å². The summed E-state index contributed by atoms with van der Waals surface area (Å²) < 4.78 is 0. The monoisotopic (exact) mass is 462 g/mol. The van der Waals surface area contributed by atoms with E-state index in [4.69, 9.17) is 9.97 Å². The Hall–Kier alpha value is -2.97. The van der Waals surface area contributed by atoms with E-state index in [1.165, 1.54) is 0 Å². The number of aryl methyl sites for hydroxylation is 1. The van der Waals surface area contributed by atoms with Gasteiger partial charge in [-0.05, 0) is 43.3 Å². The molecule has 33 heavy (non-hydrogen) atoms. The van der Waals surface area contributed by atoms with Crippen molar-refractivity contribution in [3.05, 3.63) is 77.2 Å². The molecule has 1 aromatic carbocycles. The number of aromatic nitrogens is 3. The predicted octanol–water partition coefficient (Wildman–Crippen LogP) is 3.41. The Bertz CT molecular complexity index is 1070. The Morgan fingerprint density at radius 2 is 1.88 bits per heavy atom. The summed E-state index contributed by atoms with van der Waals surface area (Å²) in [5.74, 6) is 1.62. The van der Waals surface area contributed by atoms with Crippen LogP contribution in [0.2, 0.25) is 0 Å². The van der Waals surface area contributed by atoms with Gasteiger partial charge < -0.3 is 15.1 Å². The fourth-order valence-corrected chi connectivity index (χ4v) is 4.44. The van der Waals surface area contributed by atoms with Crippen LogP contribution < -0.4 is 10.2 Å². The van der Waals surface area contributed by atoms with Crippen molar-refractivity contribution in [1.82, 2.24) is 25.2 Å². The highest BCUT2D eigenvalue weighted by atomic mass is 32.2. The summed E-state index contributed by atoms with van der Waals surface area (Å²) in [5, 5.41) is 3.72. The van der Waals surface area contributed by atoms with Crippen molar-refractivity contribution in [2.75, 3.05) is 38.1 Å². The molecule has 0 bridgehead atoms. The Morgan fingerprint density at radius 3 is 2.64 bits per heavy atom. The van der Waals surface area contributed by atoms with Gasteiger partial charge in [0.2, 0.25) is 0 Å². The summed E-state index contributed by atoms with van der Waals surface area (Å²) in [7, 11) is 2.16. The van der Waals surface area contributed by atoms with Gasteiger partial charge in [-0.2, -0.15) is 0 Å². The van der Waals surface area contributed by atoms with E-state index in [0.29, 0.717) is 17.9 Å². The van der Waals surface area contributed by atoms with Gasteiger partial charge in [0.15, 0.2) is 5.16 Å². The zero-order valence-electron chi connectivity index (χ0n) is 19.2. The molecule has 1 saturated heterocycles. The van der Waals surface area contributed by atoms with E-state index in [9.17, 15) is 4.79 Å². The van der Waals surface area contributed by atoms with Crippen LogP contribution in [-0.2, 0) is 18.7 Å². The van der Waals surface area contributed by atoms with E-state index in [1.54, 1.807) is 18.0 Å². The molecule has 172 valence electrons. The van der Waals surface area contributed by atoms with Crippen LogP contribution in [0.25, 0.3) is 0 Å². The van der Waals surface area contributed by atoms with Crippen LogP contribution in [0.1, 0.15) is 34.2 Å². The number of likely N-dealkylation sites (N-methyl/N-ethyl adjacent to an activating group) is 1. The molecule has 1 fully saturated rings. The number of hydrogen-bond donors (Lipinski definition) is 1. The molecule has 1 aliphatic rings. The van der Waals surface area contributed by atoms with Crippen LogP contribution in [0.4, 0.5) is 5.82 Å². The Balaban J connectivity index is 1.39. The van der Waals surface area contributed by atoms with E-state index in [2.05, 4.69) is 40.1 Å². The van der Waals surface area contributed by atoms with Gasteiger partial charge in [0.05, 0.1) is 12.2 Å². The number of anilines is 1. The molecule has 0 aliphatic carbocycles. The van der Waals surface area contributed by atoms with Gasteiger partial charge in [0.25, 0.3) is 5.91 Å². The number of amides is 1. The first-order chi connectivity index (χ1) is 16.1. The highest BCUT2D eigenvalue weighted by molar-refractivity contribution is 7.98. The van der Waals surface area contributed by atoms with Gasteiger partial charge in [-0.15, -0.1) is 0 Å². The molecule has 0 spiro atoms. The average Bonchev–Trinajstić information content (AvgIpc) is 2.87. The fraction of sp³-hybridized carbons (Fsp3) is 0.360. The quantitative estimate of drug-likeness (QED) is 0.406. The first-order valence-corrected chi connectivity index (χ1v) is 12.3. The second-order valence-corrected chi connectivity index (χ2v) is 9.08. The van der Waals surface area contributed by atoms with Crippen molar-refractivity contribution < 1.29 is 4.79 Å². The van der Waals surface area contributed by atoms with E-state index in [1.807, 2.05) is 42.5 Å². The Labute approximate surface area is 199 Å². The highest BCUT2D eigenvalue weighted by Crippen LogP contribution is 2.24. The number of rotatable bonds is 8. The molecule has 0 atom stereocenters. The van der Waals surface area contributed by atoms with Crippen LogP contribution >= 0.6 is 11.8 Å². The number of nitrogens with one attached hydrogen (secondary N) is 1. The number of carbonyl (C=O) groups excluding carboxylic acids is 1. The number of nitrogens with zero attached hydrogens (tertiary/aromatic N) is 5. The van der Waals surface area contributed by atoms with Crippen molar-refractivity contribution in [2.24, 2.45) is 0 Å². The molecule has 4 rings (SSSR count). The maximum atomic E-state index is 12.6. The van der Waals surface area contributed by atoms with Gasteiger partial charge in [-0.3, -0.25) is 9.78 Å². The van der Waals surface area contributed by atoms with Crippen LogP contribution in [0.5, 0.6) is 0 Å². The molecular weight excluding hydrogens is 432 g/mol. The molecule has 0 unspecified atom stereocenters. The highest BCUT2D eigenvalue weighted by Gasteiger charge is 2.17. The van der Waals surface area contributed by atoms with Crippen molar-refractivity contribution >= 4 is 23.5 Å². The van der Waals surface area contributed by atoms with Crippen LogP contribution in [-0.4, -0.2) is 59.0 Å². The van der Waals surface area contributed by atoms with E-state index < -0.39 is 0 Å². The minimum absolute atomic E-state index is 0.103. The Morgan fingerprint density at radius 1 is 1.03 bits per heavy atom. The zero-order chi connectivity index (χ0) is 23.0. The van der Waals surface area contributed by atoms with Gasteiger partial charge in [0.1, 0.15) is 5.82 Å². The topological polar surface area (TPSA) is 74.2 Å². The largest absolute Gasteiger partial charge is 0.354 e. The standard InChI is InChI=1S/C25H30N6OS/c1-3-21-16-23(31-13-11-30(2)12-14-31)29-25(28-21)33-18-19-7-6-8-20(15-19)24(32)27-17-22-9-4-5-10-26-22/h4-10,15-16H,3,11-14,17-18H2,1-2H3,(H,27,32). The molecule has 1 amide bonds. The third-order valence-electron chi connectivity index (χ3n) is 5.65. The number of benzene rings is 1. The first kappa shape index (κ1) is 23.2. The predicted molar refractivity (Wildman–Crippen MR) is 133 cm³/mol. The molecule has 7 nitrogen and oxygen atoms in total. The molecular formula is C25H30N6OS. The summed E-state index contributed by atoms with van der Waals surface area (Å²) in [6.45, 7) is 6.59. The van der Waals surface area contributed by atoms with Gasteiger partial charge in [-0.25, -0.2) is 9.97 Å². The molecule has 8 heteroatoms. The summed E-state index contributed by atoms with van der Waals surface area (Å²) in [4.78, 5) is 31.1. The average molecular weight is 463 g/mol. The maximum Gasteiger partial charge on any atom is 0.251 e. The lowest BCUT2D eigenvalue weighted by atomic mass is 10.1. The summed E-state index contributed by atoms with van der Waals surface area (Å²) in [6.07, 6.45) is 2.60. The zero-order valence-corrected chi connectivity index (χ0v) is 20.0. The maximum absolute atomic E-state index is 12.6. The van der Waals surface area contributed by atoms with Crippen LogP contribution in [0.3, 0.4) is 0 Å². The molecule has 1 aliphatic heterocycles. The third-order valence-corrected chi connectivity index (χ3v) is 6.57. The molecule has 0 saturated carbocycles. The van der Waals surface area contributed by atoms with Crippen LogP contribution in [0, 0.1) is 0 Å². The van der Waals surface area contributed by atoms with E-state index in [-0.39, 0.29) is 5.91 Å². The fourth-order valence-electron chi connectivity index (χ4n) is 3.63. The van der Waals surface area contributed by atoms with Gasteiger partial charge >= 0.3 is 0 Å². The van der Waals surface area contributed by atoms with Crippen molar-refractivity contribution in [3.8, 4) is 0 Å². The lowest BCUT2D eigenvalue weighted by Gasteiger charge is -2.33. The summed E-state index contributed by atoms with van der Waals surface area (Å²) in [5.41, 5.74) is 3.60. The number of thioether (sulfide) groups is 1. The molecule has 1 N–H and O–H groups in total. The van der Waals surface area contributed by atoms with Gasteiger partial charge in [0, 0.05) is 55.5 Å². The minimum Gasteiger partial charge on any atom is -0.354 e. The smallest absolute Gasteiger partial charge is 0.251 e. The number of carbonyl (C=O) groups is 1. The summed E-state index contributed by atoms with van der Waals surface area (Å²) >= 11 is 1.61. The Kier molecular flexibility index (Phi) is 7.91. The second-order valence-electron chi connectivity index (χ2n) is 8.14. The number of piperazine rings is 1. The van der Waals surface area contributed by atoms with E-state index >= 15 is 0 Å². The number of hydrogen-bond acceptors (Lipinski definition) is 7. The van der Waals surface area contributed by atoms with Crippen molar-refractivity contribution in [2.45, 2.75) is 30.8 Å². The van der Waals surface area contributed by atoms with Crippen molar-refractivity contribution in [3.63, 3.8) is 0 Å². The molecule has 0 radical (unpaired) electrons. The number of pyridine rings is 1. The minimum atomic E-state index is -0.103. The molecule has 2 aromatic heterocycles. The second kappa shape index (κ2) is 11.2. The SMILES string of the molecule is CCc1cc(N2CCN(C)CC2)nc(SCc2cccc(C(=O)NCc3ccccn3)c2)n1. The van der Waals surface area contributed by atoms with Crippen LogP contribution in [0.15, 0.2) is 59.9 Å². The normalized spacial score (nSPS) is 14.3. The lowest BCUT2D eigenvalue weighted by molar-refractivity contribution is 0.0950. The first-order valence-electron chi connectivity index (χ1n) is 11.3. The molecule has 3 aromatic rings. The van der Waals surface area contributed by atoms with E-state index in [0.717, 1.165) is 60.5 Å². The lowest BCUT2D eigenvalue weighted by Crippen LogP contribution is -2.44. The molecule has 3 heterocycles.